The smallest absolute Gasteiger partial charge is 0.160 e. The average Bonchev–Trinajstić information content (AvgIpc) is 2.23. The van der Waals surface area contributed by atoms with Crippen molar-refractivity contribution in [3.63, 3.8) is 0 Å². The summed E-state index contributed by atoms with van der Waals surface area (Å²) in [7, 11) is 1.02. The van der Waals surface area contributed by atoms with E-state index >= 15 is 0 Å². The molecule has 1 unspecified atom stereocenters. The highest BCUT2D eigenvalue weighted by Crippen LogP contribution is 2.24. The van der Waals surface area contributed by atoms with Gasteiger partial charge in [-0.1, -0.05) is 25.5 Å². The number of rotatable bonds is 6. The van der Waals surface area contributed by atoms with Crippen molar-refractivity contribution in [1.29, 1.82) is 0 Å². The Kier molecular flexibility index (Phi) is 5.85. The molecule has 1 atom stereocenters. The summed E-state index contributed by atoms with van der Waals surface area (Å²) in [4.78, 5) is 11.5. The van der Waals surface area contributed by atoms with Crippen LogP contribution in [0.5, 0.6) is 0 Å². The molecule has 0 spiro atoms. The molecule has 0 bridgehead atoms. The Morgan fingerprint density at radius 3 is 2.29 bits per heavy atom. The quantitative estimate of drug-likeness (QED) is 0.413. The van der Waals surface area contributed by atoms with Gasteiger partial charge in [-0.2, -0.15) is 0 Å². The fourth-order valence-corrected chi connectivity index (χ4v) is 3.52. The normalized spacial score (nSPS) is 11.3. The first-order valence-corrected chi connectivity index (χ1v) is 7.79. The van der Waals surface area contributed by atoms with Crippen LogP contribution in [0.1, 0.15) is 53.7 Å². The molecular weight excluding hydrogens is 227 g/mol. The fraction of sp³-hybridized carbons (Fsp3) is 0.533. The third-order valence-corrected chi connectivity index (χ3v) is 4.35. The van der Waals surface area contributed by atoms with Crippen molar-refractivity contribution < 1.29 is 4.79 Å². The summed E-state index contributed by atoms with van der Waals surface area (Å²) in [6, 6.07) is 4.37. The number of ketones is 1. The van der Waals surface area contributed by atoms with Gasteiger partial charge in [0.25, 0.3) is 0 Å². The van der Waals surface area contributed by atoms with Crippen LogP contribution < -0.4 is 0 Å². The first kappa shape index (κ1) is 14.4. The number of hydrogen-bond acceptors (Lipinski definition) is 1. The number of unbranched alkanes of at least 4 members (excludes halogenated alkanes) is 1. The number of carbonyl (C=O) groups excluding carboxylic acids is 1. The number of carbonyl (C=O) groups is 1. The van der Waals surface area contributed by atoms with E-state index in [0.29, 0.717) is 0 Å². The fourth-order valence-electron chi connectivity index (χ4n) is 2.25. The van der Waals surface area contributed by atoms with Crippen molar-refractivity contribution in [3.05, 3.63) is 34.4 Å². The molecular formula is C15H23OP. The lowest BCUT2D eigenvalue weighted by molar-refractivity contribution is 0.101. The van der Waals surface area contributed by atoms with Gasteiger partial charge >= 0.3 is 0 Å². The zero-order valence-corrected chi connectivity index (χ0v) is 12.4. The lowest BCUT2D eigenvalue weighted by Gasteiger charge is -2.10. The Morgan fingerprint density at radius 2 is 1.82 bits per heavy atom. The maximum absolute atomic E-state index is 11.5. The molecule has 0 aliphatic rings. The van der Waals surface area contributed by atoms with Gasteiger partial charge in [-0.25, -0.2) is 0 Å². The molecule has 0 saturated heterocycles. The van der Waals surface area contributed by atoms with Crippen molar-refractivity contribution in [1.82, 2.24) is 0 Å². The van der Waals surface area contributed by atoms with Crippen LogP contribution in [0.2, 0.25) is 0 Å². The summed E-state index contributed by atoms with van der Waals surface area (Å²) in [5.41, 5.74) is 4.56. The molecule has 0 aliphatic carbocycles. The molecule has 1 nitrogen and oxygen atoms in total. The molecule has 0 amide bonds. The van der Waals surface area contributed by atoms with Gasteiger partial charge in [0.15, 0.2) is 5.78 Å². The van der Waals surface area contributed by atoms with Crippen LogP contribution in [0, 0.1) is 13.8 Å². The van der Waals surface area contributed by atoms with E-state index in [4.69, 9.17) is 0 Å². The van der Waals surface area contributed by atoms with E-state index in [1.54, 1.807) is 6.92 Å². The van der Waals surface area contributed by atoms with Crippen LogP contribution in [-0.4, -0.2) is 11.9 Å². The predicted molar refractivity (Wildman–Crippen MR) is 77.7 cm³/mol. The van der Waals surface area contributed by atoms with E-state index in [1.165, 1.54) is 30.7 Å². The van der Waals surface area contributed by atoms with E-state index < -0.39 is 0 Å². The molecule has 2 heteroatoms. The summed E-state index contributed by atoms with van der Waals surface area (Å²) in [5, 5.41) is 0. The first-order chi connectivity index (χ1) is 8.06. The highest BCUT2D eigenvalue weighted by Gasteiger charge is 2.08. The SMILES string of the molecule is CCCCPCc1cc(C)c(C(C)=O)c(C)c1. The highest BCUT2D eigenvalue weighted by molar-refractivity contribution is 7.37. The van der Waals surface area contributed by atoms with Crippen molar-refractivity contribution in [2.24, 2.45) is 0 Å². The Labute approximate surface area is 107 Å². The molecule has 0 radical (unpaired) electrons. The Bertz CT molecular complexity index is 373. The van der Waals surface area contributed by atoms with Gasteiger partial charge in [-0.3, -0.25) is 4.79 Å². The van der Waals surface area contributed by atoms with Crippen molar-refractivity contribution in [2.45, 2.75) is 46.7 Å². The van der Waals surface area contributed by atoms with Crippen LogP contribution >= 0.6 is 8.58 Å². The van der Waals surface area contributed by atoms with Crippen LogP contribution in [-0.2, 0) is 6.16 Å². The zero-order chi connectivity index (χ0) is 12.8. The minimum atomic E-state index is 0.181. The topological polar surface area (TPSA) is 17.1 Å². The minimum absolute atomic E-state index is 0.181. The van der Waals surface area contributed by atoms with Crippen LogP contribution in [0.4, 0.5) is 0 Å². The molecule has 1 rings (SSSR count). The van der Waals surface area contributed by atoms with Gasteiger partial charge < -0.3 is 0 Å². The van der Waals surface area contributed by atoms with E-state index in [0.717, 1.165) is 25.3 Å². The molecule has 0 N–H and O–H groups in total. The van der Waals surface area contributed by atoms with Gasteiger partial charge in [0, 0.05) is 5.56 Å². The van der Waals surface area contributed by atoms with E-state index in [9.17, 15) is 4.79 Å². The molecule has 1 aromatic carbocycles. The number of benzene rings is 1. The summed E-state index contributed by atoms with van der Waals surface area (Å²) >= 11 is 0. The van der Waals surface area contributed by atoms with Gasteiger partial charge in [-0.15, -0.1) is 8.58 Å². The van der Waals surface area contributed by atoms with Crippen LogP contribution in [0.25, 0.3) is 0 Å². The maximum atomic E-state index is 11.5. The van der Waals surface area contributed by atoms with E-state index in [1.807, 2.05) is 13.8 Å². The Morgan fingerprint density at radius 1 is 1.24 bits per heavy atom. The second kappa shape index (κ2) is 6.91. The first-order valence-electron chi connectivity index (χ1n) is 6.38. The lowest BCUT2D eigenvalue weighted by Crippen LogP contribution is -2.01. The van der Waals surface area contributed by atoms with Gasteiger partial charge in [0.1, 0.15) is 0 Å². The largest absolute Gasteiger partial charge is 0.294 e. The number of hydrogen-bond donors (Lipinski definition) is 0. The van der Waals surface area contributed by atoms with E-state index in [2.05, 4.69) is 19.1 Å². The molecule has 1 aromatic rings. The van der Waals surface area contributed by atoms with Crippen LogP contribution in [0.15, 0.2) is 12.1 Å². The van der Waals surface area contributed by atoms with Crippen LogP contribution in [0.3, 0.4) is 0 Å². The highest BCUT2D eigenvalue weighted by atomic mass is 31.1. The summed E-state index contributed by atoms with van der Waals surface area (Å²) in [6.45, 7) is 7.98. The zero-order valence-electron chi connectivity index (χ0n) is 11.4. The second-order valence-electron chi connectivity index (χ2n) is 4.69. The third-order valence-electron chi connectivity index (χ3n) is 2.98. The van der Waals surface area contributed by atoms with Gasteiger partial charge in [0.2, 0.25) is 0 Å². The summed E-state index contributed by atoms with van der Waals surface area (Å²) in [6.07, 6.45) is 5.12. The minimum Gasteiger partial charge on any atom is -0.294 e. The second-order valence-corrected chi connectivity index (χ2v) is 6.04. The number of Topliss-reactive ketones (excluding diaryl/α,β-unsaturated/α-hetero) is 1. The maximum Gasteiger partial charge on any atom is 0.160 e. The Hall–Kier alpha value is -0.680. The van der Waals surface area contributed by atoms with Gasteiger partial charge in [-0.05, 0) is 56.2 Å². The molecule has 94 valence electrons. The predicted octanol–water partition coefficient (Wildman–Crippen LogP) is 4.48. The molecule has 0 aliphatic heterocycles. The summed E-state index contributed by atoms with van der Waals surface area (Å²) in [5.74, 6) is 0.181. The molecule has 0 aromatic heterocycles. The standard InChI is InChI=1S/C15H23OP/c1-5-6-7-17-10-14-8-11(2)15(13(4)16)12(3)9-14/h8-9,17H,5-7,10H2,1-4H3. The van der Waals surface area contributed by atoms with E-state index in [-0.39, 0.29) is 5.78 Å². The molecule has 0 saturated carbocycles. The monoisotopic (exact) mass is 250 g/mol. The van der Waals surface area contributed by atoms with Crippen molar-refractivity contribution in [2.75, 3.05) is 6.16 Å². The Balaban J connectivity index is 2.73. The van der Waals surface area contributed by atoms with Crippen molar-refractivity contribution in [3.8, 4) is 0 Å². The molecule has 0 heterocycles. The van der Waals surface area contributed by atoms with Gasteiger partial charge in [0.05, 0.1) is 0 Å². The number of aryl methyl sites for hydroxylation is 2. The average molecular weight is 250 g/mol. The molecule has 0 fully saturated rings. The van der Waals surface area contributed by atoms with Crippen molar-refractivity contribution >= 4 is 14.4 Å². The summed E-state index contributed by atoms with van der Waals surface area (Å²) < 4.78 is 0. The lowest BCUT2D eigenvalue weighted by atomic mass is 9.97. The third kappa shape index (κ3) is 4.24. The molecule has 17 heavy (non-hydrogen) atoms.